The van der Waals surface area contributed by atoms with Gasteiger partial charge in [-0.25, -0.2) is 18.1 Å². The number of piperidine rings is 1. The summed E-state index contributed by atoms with van der Waals surface area (Å²) in [4.78, 5) is 22.8. The number of hydrogen-bond donors (Lipinski definition) is 3. The number of nitrogens with one attached hydrogen (secondary N) is 3. The fourth-order valence-corrected chi connectivity index (χ4v) is 5.80. The Labute approximate surface area is 244 Å². The molecule has 42 heavy (non-hydrogen) atoms. The first-order valence-corrected chi connectivity index (χ1v) is 15.2. The molecule has 0 spiro atoms. The van der Waals surface area contributed by atoms with Gasteiger partial charge in [0.2, 0.25) is 21.9 Å². The van der Waals surface area contributed by atoms with Gasteiger partial charge < -0.3 is 25.0 Å². The van der Waals surface area contributed by atoms with Gasteiger partial charge in [0.15, 0.2) is 0 Å². The molecule has 11 nitrogen and oxygen atoms in total. The third-order valence-corrected chi connectivity index (χ3v) is 7.89. The molecule has 1 saturated heterocycles. The second-order valence-corrected chi connectivity index (χ2v) is 12.2. The van der Waals surface area contributed by atoms with E-state index < -0.39 is 39.8 Å². The number of amides is 1. The lowest BCUT2D eigenvalue weighted by atomic mass is 9.93. The van der Waals surface area contributed by atoms with E-state index in [1.165, 1.54) is 13.2 Å². The van der Waals surface area contributed by atoms with Crippen LogP contribution in [0.15, 0.2) is 24.4 Å². The first kappa shape index (κ1) is 33.3. The van der Waals surface area contributed by atoms with E-state index in [1.807, 2.05) is 7.05 Å². The normalized spacial score (nSPS) is 20.3. The van der Waals surface area contributed by atoms with Crippen molar-refractivity contribution in [3.05, 3.63) is 35.5 Å². The van der Waals surface area contributed by atoms with Gasteiger partial charge in [-0.1, -0.05) is 13.8 Å². The van der Waals surface area contributed by atoms with Gasteiger partial charge in [-0.3, -0.25) is 4.79 Å². The molecule has 2 aromatic rings. The van der Waals surface area contributed by atoms with E-state index in [-0.39, 0.29) is 31.1 Å². The van der Waals surface area contributed by atoms with Gasteiger partial charge in [0, 0.05) is 17.8 Å². The molecule has 0 radical (unpaired) electrons. The molecule has 2 fully saturated rings. The van der Waals surface area contributed by atoms with Gasteiger partial charge in [0.25, 0.3) is 5.91 Å². The van der Waals surface area contributed by atoms with Crippen LogP contribution >= 0.6 is 0 Å². The predicted molar refractivity (Wildman–Crippen MR) is 153 cm³/mol. The summed E-state index contributed by atoms with van der Waals surface area (Å²) in [5, 5.41) is 5.87. The SMILES string of the molecule is C.COc1cc(C(=O)NC2CCN(C)CC2)ccc1Nc1ncc(C(F)(F)F)c(O[C@@H]2CCCC[C@H]2NS(C)(=O)=O)n1. The van der Waals surface area contributed by atoms with Crippen LogP contribution in [0.4, 0.5) is 24.8 Å². The largest absolute Gasteiger partial charge is 0.495 e. The molecule has 0 bridgehead atoms. The quantitative estimate of drug-likeness (QED) is 0.383. The van der Waals surface area contributed by atoms with E-state index in [2.05, 4.69) is 30.2 Å². The molecule has 0 unspecified atom stereocenters. The molecular formula is C27H39F3N6O5S. The summed E-state index contributed by atoms with van der Waals surface area (Å²) in [5.74, 6) is -0.902. The molecule has 4 rings (SSSR count). The number of hydrogen-bond acceptors (Lipinski definition) is 9. The van der Waals surface area contributed by atoms with E-state index in [0.717, 1.165) is 32.2 Å². The van der Waals surface area contributed by atoms with Crippen molar-refractivity contribution in [3.8, 4) is 11.6 Å². The highest BCUT2D eigenvalue weighted by molar-refractivity contribution is 7.88. The van der Waals surface area contributed by atoms with Crippen molar-refractivity contribution in [2.45, 2.75) is 70.3 Å². The minimum absolute atomic E-state index is 0. The van der Waals surface area contributed by atoms with Crippen molar-refractivity contribution in [3.63, 3.8) is 0 Å². The Hall–Kier alpha value is -3.17. The zero-order chi connectivity index (χ0) is 29.8. The van der Waals surface area contributed by atoms with Crippen LogP contribution in [-0.2, 0) is 16.2 Å². The van der Waals surface area contributed by atoms with Crippen LogP contribution in [0.1, 0.15) is 61.9 Å². The summed E-state index contributed by atoms with van der Waals surface area (Å²) >= 11 is 0. The number of benzene rings is 1. The van der Waals surface area contributed by atoms with E-state index in [9.17, 15) is 26.4 Å². The highest BCUT2D eigenvalue weighted by Gasteiger charge is 2.38. The Kier molecular flexibility index (Phi) is 11.0. The maximum absolute atomic E-state index is 13.8. The fourth-order valence-electron chi connectivity index (χ4n) is 4.98. The van der Waals surface area contributed by atoms with Crippen molar-refractivity contribution in [1.29, 1.82) is 0 Å². The van der Waals surface area contributed by atoms with Gasteiger partial charge in [-0.2, -0.15) is 18.2 Å². The topological polar surface area (TPSA) is 135 Å². The molecule has 1 aliphatic heterocycles. The molecule has 234 valence electrons. The zero-order valence-corrected chi connectivity index (χ0v) is 23.9. The fraction of sp³-hybridized carbons (Fsp3) is 0.593. The van der Waals surface area contributed by atoms with Crippen LogP contribution in [0.25, 0.3) is 0 Å². The minimum Gasteiger partial charge on any atom is -0.495 e. The van der Waals surface area contributed by atoms with Gasteiger partial charge in [0.05, 0.1) is 25.1 Å². The number of anilines is 2. The highest BCUT2D eigenvalue weighted by atomic mass is 32.2. The van der Waals surface area contributed by atoms with Gasteiger partial charge in [0.1, 0.15) is 17.4 Å². The molecule has 2 atom stereocenters. The number of nitrogens with zero attached hydrogens (tertiary/aromatic N) is 3. The average molecular weight is 617 g/mol. The summed E-state index contributed by atoms with van der Waals surface area (Å²) in [6.07, 6.45) is -0.202. The lowest BCUT2D eigenvalue weighted by Gasteiger charge is -2.32. The lowest BCUT2D eigenvalue weighted by Crippen LogP contribution is -2.47. The Balaban J connectivity index is 0.00000484. The summed E-state index contributed by atoms with van der Waals surface area (Å²) in [5.41, 5.74) is -0.492. The number of aromatic nitrogens is 2. The third kappa shape index (κ3) is 8.91. The molecule has 1 aromatic heterocycles. The molecule has 1 aliphatic carbocycles. The number of carbonyl (C=O) groups is 1. The standard InChI is InChI=1S/C26H35F3N6O5S.CH4/c1-35-12-10-17(11-13-35)31-23(36)16-8-9-19(22(14-16)39-2)32-25-30-15-18(26(27,28)29)24(33-25)40-21-7-5-4-6-20(21)34-41(3,37)38;/h8-9,14-15,17,20-21,34H,4-7,10-13H2,1-3H3,(H,31,36)(H,30,32,33);1H4/t20-,21-;/m1./s1. The summed E-state index contributed by atoms with van der Waals surface area (Å²) in [6, 6.07) is 4.02. The van der Waals surface area contributed by atoms with Crippen LogP contribution in [0.5, 0.6) is 11.6 Å². The Morgan fingerprint density at radius 2 is 1.81 bits per heavy atom. The minimum atomic E-state index is -4.80. The van der Waals surface area contributed by atoms with Crippen LogP contribution in [-0.4, -0.2) is 80.9 Å². The molecule has 1 aromatic carbocycles. The van der Waals surface area contributed by atoms with Crippen LogP contribution in [0.2, 0.25) is 0 Å². The molecular weight excluding hydrogens is 577 g/mol. The molecule has 2 heterocycles. The van der Waals surface area contributed by atoms with Crippen molar-refractivity contribution < 1.29 is 35.9 Å². The van der Waals surface area contributed by atoms with Crippen molar-refractivity contribution in [2.75, 3.05) is 38.8 Å². The van der Waals surface area contributed by atoms with Crippen LogP contribution < -0.4 is 24.8 Å². The van der Waals surface area contributed by atoms with E-state index in [1.54, 1.807) is 12.1 Å². The number of halogens is 3. The number of sulfonamides is 1. The smallest absolute Gasteiger partial charge is 0.423 e. The lowest BCUT2D eigenvalue weighted by molar-refractivity contribution is -0.140. The number of methoxy groups -OCH3 is 1. The van der Waals surface area contributed by atoms with E-state index in [4.69, 9.17) is 9.47 Å². The Morgan fingerprint density at radius 3 is 2.45 bits per heavy atom. The monoisotopic (exact) mass is 616 g/mol. The molecule has 3 N–H and O–H groups in total. The van der Waals surface area contributed by atoms with E-state index in [0.29, 0.717) is 43.1 Å². The molecule has 2 aliphatic rings. The summed E-state index contributed by atoms with van der Waals surface area (Å²) in [6.45, 7) is 1.79. The first-order valence-electron chi connectivity index (χ1n) is 13.3. The molecule has 1 amide bonds. The number of carbonyl (C=O) groups excluding carboxylic acids is 1. The highest BCUT2D eigenvalue weighted by Crippen LogP contribution is 2.37. The van der Waals surface area contributed by atoms with Crippen molar-refractivity contribution in [1.82, 2.24) is 24.9 Å². The third-order valence-electron chi connectivity index (χ3n) is 7.15. The summed E-state index contributed by atoms with van der Waals surface area (Å²) < 4.78 is 78.6. The molecule has 1 saturated carbocycles. The second-order valence-electron chi connectivity index (χ2n) is 10.4. The van der Waals surface area contributed by atoms with Crippen LogP contribution in [0, 0.1) is 0 Å². The van der Waals surface area contributed by atoms with Crippen molar-refractivity contribution >= 4 is 27.6 Å². The Bertz CT molecular complexity index is 1340. The second kappa shape index (κ2) is 13.9. The number of likely N-dealkylation sites (tertiary alicyclic amines) is 1. The van der Waals surface area contributed by atoms with E-state index >= 15 is 0 Å². The van der Waals surface area contributed by atoms with Gasteiger partial charge >= 0.3 is 6.18 Å². The molecule has 15 heteroatoms. The first-order chi connectivity index (χ1) is 19.3. The maximum Gasteiger partial charge on any atom is 0.423 e. The van der Waals surface area contributed by atoms with Gasteiger partial charge in [-0.05, 0) is 70.4 Å². The number of alkyl halides is 3. The van der Waals surface area contributed by atoms with Crippen LogP contribution in [0.3, 0.4) is 0 Å². The zero-order valence-electron chi connectivity index (χ0n) is 23.1. The summed E-state index contributed by atoms with van der Waals surface area (Å²) in [7, 11) is -0.169. The van der Waals surface area contributed by atoms with Gasteiger partial charge in [-0.15, -0.1) is 0 Å². The van der Waals surface area contributed by atoms with Crippen molar-refractivity contribution in [2.24, 2.45) is 0 Å². The predicted octanol–water partition coefficient (Wildman–Crippen LogP) is 3.95. The number of rotatable bonds is 9. The maximum atomic E-state index is 13.8. The average Bonchev–Trinajstić information content (AvgIpc) is 2.90. The Morgan fingerprint density at radius 1 is 1.12 bits per heavy atom. The number of ether oxygens (including phenoxy) is 2.